The highest BCUT2D eigenvalue weighted by atomic mass is 16.3. The fraction of sp³-hybridized carbons (Fsp3) is 0.0769. The Hall–Kier alpha value is -1.96. The van der Waals surface area contributed by atoms with Gasteiger partial charge in [0.15, 0.2) is 0 Å². The van der Waals surface area contributed by atoms with Crippen molar-refractivity contribution in [2.45, 2.75) is 6.92 Å². The van der Waals surface area contributed by atoms with Gasteiger partial charge in [-0.15, -0.1) is 4.91 Å². The van der Waals surface area contributed by atoms with Gasteiger partial charge in [-0.3, -0.25) is 0 Å². The highest BCUT2D eigenvalue weighted by molar-refractivity contribution is 5.65. The Labute approximate surface area is 88.5 Å². The van der Waals surface area contributed by atoms with Crippen LogP contribution in [0.15, 0.2) is 53.7 Å². The molecule has 0 aliphatic heterocycles. The SMILES string of the molecule is Cc1ccc(-c2ccc(N=O)cc2)cc1. The average Bonchev–Trinajstić information content (AvgIpc) is 2.30. The van der Waals surface area contributed by atoms with Gasteiger partial charge in [-0.1, -0.05) is 42.0 Å². The molecule has 2 nitrogen and oxygen atoms in total. The van der Waals surface area contributed by atoms with Crippen LogP contribution < -0.4 is 0 Å². The molecule has 0 aliphatic carbocycles. The molecule has 0 atom stereocenters. The second-order valence-electron chi connectivity index (χ2n) is 3.50. The molecule has 0 aromatic heterocycles. The van der Waals surface area contributed by atoms with Gasteiger partial charge in [-0.25, -0.2) is 0 Å². The van der Waals surface area contributed by atoms with Gasteiger partial charge in [0.1, 0.15) is 5.69 Å². The summed E-state index contributed by atoms with van der Waals surface area (Å²) in [6, 6.07) is 15.5. The zero-order chi connectivity index (χ0) is 10.7. The smallest absolute Gasteiger partial charge is 0.108 e. The number of rotatable bonds is 2. The van der Waals surface area contributed by atoms with Crippen molar-refractivity contribution in [1.29, 1.82) is 0 Å². The summed E-state index contributed by atoms with van der Waals surface area (Å²) in [5.41, 5.74) is 3.95. The number of aryl methyl sites for hydroxylation is 1. The van der Waals surface area contributed by atoms with Crippen LogP contribution in [-0.4, -0.2) is 0 Å². The quantitative estimate of drug-likeness (QED) is 0.667. The molecule has 74 valence electrons. The lowest BCUT2D eigenvalue weighted by atomic mass is 10.0. The molecule has 0 fully saturated rings. The van der Waals surface area contributed by atoms with Crippen LogP contribution in [0.3, 0.4) is 0 Å². The van der Waals surface area contributed by atoms with E-state index >= 15 is 0 Å². The van der Waals surface area contributed by atoms with Crippen molar-refractivity contribution >= 4 is 5.69 Å². The fourth-order valence-electron chi connectivity index (χ4n) is 1.46. The Morgan fingerprint density at radius 1 is 0.800 bits per heavy atom. The molecule has 15 heavy (non-hydrogen) atoms. The van der Waals surface area contributed by atoms with E-state index in [0.717, 1.165) is 11.1 Å². The molecular formula is C13H11NO. The molecule has 0 N–H and O–H groups in total. The number of hydrogen-bond acceptors (Lipinski definition) is 2. The first kappa shape index (κ1) is 9.59. The third kappa shape index (κ3) is 2.10. The van der Waals surface area contributed by atoms with E-state index in [1.54, 1.807) is 12.1 Å². The fourth-order valence-corrected chi connectivity index (χ4v) is 1.46. The first-order chi connectivity index (χ1) is 7.29. The molecule has 0 aliphatic rings. The van der Waals surface area contributed by atoms with Gasteiger partial charge < -0.3 is 0 Å². The van der Waals surface area contributed by atoms with Crippen LogP contribution in [0, 0.1) is 11.8 Å². The first-order valence-corrected chi connectivity index (χ1v) is 4.80. The average molecular weight is 197 g/mol. The second-order valence-corrected chi connectivity index (χ2v) is 3.50. The maximum absolute atomic E-state index is 10.2. The van der Waals surface area contributed by atoms with Crippen molar-refractivity contribution in [2.24, 2.45) is 5.18 Å². The molecule has 0 amide bonds. The van der Waals surface area contributed by atoms with E-state index in [1.807, 2.05) is 12.1 Å². The summed E-state index contributed by atoms with van der Waals surface area (Å²) >= 11 is 0. The lowest BCUT2D eigenvalue weighted by molar-refractivity contribution is 1.46. The van der Waals surface area contributed by atoms with Crippen molar-refractivity contribution in [2.75, 3.05) is 0 Å². The van der Waals surface area contributed by atoms with Crippen LogP contribution in [0.25, 0.3) is 11.1 Å². The molecule has 0 radical (unpaired) electrons. The molecular weight excluding hydrogens is 186 g/mol. The Kier molecular flexibility index (Phi) is 2.59. The van der Waals surface area contributed by atoms with Crippen LogP contribution in [0.5, 0.6) is 0 Å². The Morgan fingerprint density at radius 3 is 1.73 bits per heavy atom. The maximum atomic E-state index is 10.2. The molecule has 2 rings (SSSR count). The van der Waals surface area contributed by atoms with Gasteiger partial charge >= 0.3 is 0 Å². The van der Waals surface area contributed by atoms with Crippen molar-refractivity contribution < 1.29 is 0 Å². The van der Waals surface area contributed by atoms with Crippen LogP contribution in [0.4, 0.5) is 5.69 Å². The molecule has 2 aromatic carbocycles. The number of nitroso groups, excluding NO2 is 1. The van der Waals surface area contributed by atoms with Gasteiger partial charge in [-0.05, 0) is 35.4 Å². The molecule has 0 unspecified atom stereocenters. The van der Waals surface area contributed by atoms with Crippen LogP contribution >= 0.6 is 0 Å². The van der Waals surface area contributed by atoms with Gasteiger partial charge in [0, 0.05) is 0 Å². The predicted octanol–water partition coefficient (Wildman–Crippen LogP) is 4.06. The highest BCUT2D eigenvalue weighted by Gasteiger charge is 1.97. The Balaban J connectivity index is 2.37. The summed E-state index contributed by atoms with van der Waals surface area (Å²) in [6.45, 7) is 2.06. The lowest BCUT2D eigenvalue weighted by Crippen LogP contribution is -1.77. The van der Waals surface area contributed by atoms with E-state index < -0.39 is 0 Å². The topological polar surface area (TPSA) is 29.4 Å². The molecule has 0 spiro atoms. The molecule has 2 heteroatoms. The summed E-state index contributed by atoms with van der Waals surface area (Å²) in [4.78, 5) is 10.2. The summed E-state index contributed by atoms with van der Waals surface area (Å²) in [6.07, 6.45) is 0. The third-order valence-electron chi connectivity index (χ3n) is 2.36. The van der Waals surface area contributed by atoms with E-state index in [9.17, 15) is 4.91 Å². The van der Waals surface area contributed by atoms with Crippen LogP contribution in [0.1, 0.15) is 5.56 Å². The number of hydrogen-bond donors (Lipinski definition) is 0. The van der Waals surface area contributed by atoms with Gasteiger partial charge in [0.05, 0.1) is 0 Å². The minimum Gasteiger partial charge on any atom is -0.145 e. The maximum Gasteiger partial charge on any atom is 0.108 e. The zero-order valence-corrected chi connectivity index (χ0v) is 8.47. The minimum absolute atomic E-state index is 0.464. The Bertz CT molecular complexity index is 457. The largest absolute Gasteiger partial charge is 0.145 e. The highest BCUT2D eigenvalue weighted by Crippen LogP contribution is 2.22. The minimum atomic E-state index is 0.464. The van der Waals surface area contributed by atoms with E-state index in [0.29, 0.717) is 5.69 Å². The predicted molar refractivity (Wildman–Crippen MR) is 62.1 cm³/mol. The monoisotopic (exact) mass is 197 g/mol. The van der Waals surface area contributed by atoms with Crippen molar-refractivity contribution in [1.82, 2.24) is 0 Å². The molecule has 0 bridgehead atoms. The number of benzene rings is 2. The normalized spacial score (nSPS) is 9.93. The van der Waals surface area contributed by atoms with E-state index in [2.05, 4.69) is 36.4 Å². The standard InChI is InChI=1S/C13H11NO/c1-10-2-4-11(5-3-10)12-6-8-13(14-15)9-7-12/h2-9H,1H3. The van der Waals surface area contributed by atoms with Gasteiger partial charge in [0.2, 0.25) is 0 Å². The zero-order valence-electron chi connectivity index (χ0n) is 8.47. The van der Waals surface area contributed by atoms with Gasteiger partial charge in [-0.2, -0.15) is 0 Å². The van der Waals surface area contributed by atoms with Crippen molar-refractivity contribution in [3.05, 3.63) is 59.0 Å². The number of nitrogens with zero attached hydrogens (tertiary/aromatic N) is 1. The molecule has 2 aromatic rings. The lowest BCUT2D eigenvalue weighted by Gasteiger charge is -2.01. The van der Waals surface area contributed by atoms with E-state index in [-0.39, 0.29) is 0 Å². The summed E-state index contributed by atoms with van der Waals surface area (Å²) in [5, 5.41) is 2.87. The van der Waals surface area contributed by atoms with E-state index in [4.69, 9.17) is 0 Å². The van der Waals surface area contributed by atoms with Crippen LogP contribution in [0.2, 0.25) is 0 Å². The van der Waals surface area contributed by atoms with Crippen LogP contribution in [-0.2, 0) is 0 Å². The van der Waals surface area contributed by atoms with Gasteiger partial charge in [0.25, 0.3) is 0 Å². The molecule has 0 saturated heterocycles. The first-order valence-electron chi connectivity index (χ1n) is 4.80. The molecule has 0 heterocycles. The summed E-state index contributed by atoms with van der Waals surface area (Å²) < 4.78 is 0. The van der Waals surface area contributed by atoms with E-state index in [1.165, 1.54) is 5.56 Å². The van der Waals surface area contributed by atoms with Crippen molar-refractivity contribution in [3.63, 3.8) is 0 Å². The summed E-state index contributed by atoms with van der Waals surface area (Å²) in [7, 11) is 0. The molecule has 0 saturated carbocycles. The third-order valence-corrected chi connectivity index (χ3v) is 2.36. The van der Waals surface area contributed by atoms with Crippen molar-refractivity contribution in [3.8, 4) is 11.1 Å². The second kappa shape index (κ2) is 4.05. The summed E-state index contributed by atoms with van der Waals surface area (Å²) in [5.74, 6) is 0. The Morgan fingerprint density at radius 2 is 1.27 bits per heavy atom.